The fraction of sp³-hybridized carbons (Fsp3) is 0.462. The topological polar surface area (TPSA) is 38.3 Å². The molecule has 3 nitrogen and oxygen atoms in total. The standard InChI is InChI=1S/C13H16ClNO2/c1-9(16)17-12-6-7-15-13(8-12)10-2-4-11(14)5-3-10/h2-5,12-13,15H,6-8H2,1H3. The highest BCUT2D eigenvalue weighted by Crippen LogP contribution is 2.26. The van der Waals surface area contributed by atoms with E-state index in [1.807, 2.05) is 24.3 Å². The quantitative estimate of drug-likeness (QED) is 0.824. The minimum absolute atomic E-state index is 0.0226. The van der Waals surface area contributed by atoms with E-state index in [0.717, 1.165) is 24.4 Å². The number of carbonyl (C=O) groups is 1. The number of ether oxygens (including phenoxy) is 1. The smallest absolute Gasteiger partial charge is 0.302 e. The summed E-state index contributed by atoms with van der Waals surface area (Å²) >= 11 is 5.86. The van der Waals surface area contributed by atoms with Crippen molar-refractivity contribution in [1.29, 1.82) is 0 Å². The van der Waals surface area contributed by atoms with Gasteiger partial charge in [0.2, 0.25) is 0 Å². The van der Waals surface area contributed by atoms with Crippen molar-refractivity contribution in [2.45, 2.75) is 31.9 Å². The average Bonchev–Trinajstić information content (AvgIpc) is 2.29. The molecule has 2 rings (SSSR count). The number of benzene rings is 1. The van der Waals surface area contributed by atoms with Crippen molar-refractivity contribution < 1.29 is 9.53 Å². The molecule has 1 saturated heterocycles. The molecule has 4 heteroatoms. The van der Waals surface area contributed by atoms with Crippen molar-refractivity contribution >= 4 is 17.6 Å². The Kier molecular flexibility index (Phi) is 4.02. The summed E-state index contributed by atoms with van der Waals surface area (Å²) in [5, 5.41) is 4.16. The van der Waals surface area contributed by atoms with E-state index >= 15 is 0 Å². The molecule has 1 aromatic rings. The Morgan fingerprint density at radius 1 is 1.41 bits per heavy atom. The van der Waals surface area contributed by atoms with Crippen molar-refractivity contribution in [2.24, 2.45) is 0 Å². The second kappa shape index (κ2) is 5.52. The van der Waals surface area contributed by atoms with Crippen LogP contribution in [0.3, 0.4) is 0 Å². The van der Waals surface area contributed by atoms with E-state index in [0.29, 0.717) is 0 Å². The van der Waals surface area contributed by atoms with Crippen LogP contribution in [0.1, 0.15) is 31.4 Å². The van der Waals surface area contributed by atoms with Crippen LogP contribution in [-0.4, -0.2) is 18.6 Å². The highest BCUT2D eigenvalue weighted by Gasteiger charge is 2.24. The zero-order valence-electron chi connectivity index (χ0n) is 9.78. The highest BCUT2D eigenvalue weighted by molar-refractivity contribution is 6.30. The third-order valence-corrected chi connectivity index (χ3v) is 3.21. The zero-order valence-corrected chi connectivity index (χ0v) is 10.5. The summed E-state index contributed by atoms with van der Waals surface area (Å²) in [6, 6.07) is 8.03. The molecule has 0 aromatic heterocycles. The van der Waals surface area contributed by atoms with Gasteiger partial charge in [-0.2, -0.15) is 0 Å². The van der Waals surface area contributed by atoms with Gasteiger partial charge in [-0.15, -0.1) is 0 Å². The van der Waals surface area contributed by atoms with E-state index in [4.69, 9.17) is 16.3 Å². The van der Waals surface area contributed by atoms with Gasteiger partial charge in [0, 0.05) is 24.4 Å². The van der Waals surface area contributed by atoms with Crippen LogP contribution < -0.4 is 5.32 Å². The molecule has 2 atom stereocenters. The molecule has 1 aliphatic heterocycles. The molecule has 1 aliphatic rings. The lowest BCUT2D eigenvalue weighted by molar-refractivity contribution is -0.147. The number of piperidine rings is 1. The maximum absolute atomic E-state index is 10.9. The predicted molar refractivity (Wildman–Crippen MR) is 67.0 cm³/mol. The maximum atomic E-state index is 10.9. The molecular formula is C13H16ClNO2. The van der Waals surface area contributed by atoms with Gasteiger partial charge in [-0.3, -0.25) is 4.79 Å². The molecule has 1 N–H and O–H groups in total. The molecule has 2 unspecified atom stereocenters. The van der Waals surface area contributed by atoms with Crippen molar-refractivity contribution in [3.8, 4) is 0 Å². The molecule has 0 spiro atoms. The SMILES string of the molecule is CC(=O)OC1CCNC(c2ccc(Cl)cc2)C1. The Balaban J connectivity index is 2.01. The Bertz CT molecular complexity index is 391. The van der Waals surface area contributed by atoms with Gasteiger partial charge in [0.1, 0.15) is 6.10 Å². The molecule has 1 aromatic carbocycles. The van der Waals surface area contributed by atoms with E-state index in [9.17, 15) is 4.79 Å². The first-order chi connectivity index (χ1) is 8.15. The Morgan fingerprint density at radius 2 is 2.12 bits per heavy atom. The molecule has 17 heavy (non-hydrogen) atoms. The van der Waals surface area contributed by atoms with Crippen LogP contribution >= 0.6 is 11.6 Å². The van der Waals surface area contributed by atoms with Crippen molar-refractivity contribution in [2.75, 3.05) is 6.54 Å². The van der Waals surface area contributed by atoms with Gasteiger partial charge in [0.25, 0.3) is 0 Å². The number of hydrogen-bond acceptors (Lipinski definition) is 3. The Hall–Kier alpha value is -1.06. The van der Waals surface area contributed by atoms with Crippen LogP contribution in [0.4, 0.5) is 0 Å². The molecule has 1 fully saturated rings. The number of nitrogens with one attached hydrogen (secondary N) is 1. The fourth-order valence-electron chi connectivity index (χ4n) is 2.17. The zero-order chi connectivity index (χ0) is 12.3. The van der Waals surface area contributed by atoms with Gasteiger partial charge in [0.15, 0.2) is 0 Å². The number of halogens is 1. The van der Waals surface area contributed by atoms with E-state index < -0.39 is 0 Å². The van der Waals surface area contributed by atoms with Crippen LogP contribution in [0.5, 0.6) is 0 Å². The van der Waals surface area contributed by atoms with Crippen molar-refractivity contribution in [3.63, 3.8) is 0 Å². The molecule has 0 amide bonds. The van der Waals surface area contributed by atoms with Crippen LogP contribution in [0, 0.1) is 0 Å². The number of carbonyl (C=O) groups excluding carboxylic acids is 1. The third-order valence-electron chi connectivity index (χ3n) is 2.96. The van der Waals surface area contributed by atoms with Crippen LogP contribution in [0.25, 0.3) is 0 Å². The summed E-state index contributed by atoms with van der Waals surface area (Å²) in [7, 11) is 0. The van der Waals surface area contributed by atoms with Crippen LogP contribution in [-0.2, 0) is 9.53 Å². The molecule has 0 bridgehead atoms. The molecule has 0 aliphatic carbocycles. The lowest BCUT2D eigenvalue weighted by Gasteiger charge is -2.30. The van der Waals surface area contributed by atoms with Crippen LogP contribution in [0.15, 0.2) is 24.3 Å². The van der Waals surface area contributed by atoms with Gasteiger partial charge >= 0.3 is 5.97 Å². The second-order valence-electron chi connectivity index (χ2n) is 4.31. The number of rotatable bonds is 2. The second-order valence-corrected chi connectivity index (χ2v) is 4.75. The lowest BCUT2D eigenvalue weighted by atomic mass is 9.95. The summed E-state index contributed by atoms with van der Waals surface area (Å²) in [6.45, 7) is 2.32. The maximum Gasteiger partial charge on any atom is 0.302 e. The summed E-state index contributed by atoms with van der Waals surface area (Å²) in [5.74, 6) is -0.202. The van der Waals surface area contributed by atoms with E-state index in [1.165, 1.54) is 12.5 Å². The Labute approximate surface area is 106 Å². The van der Waals surface area contributed by atoms with Crippen LogP contribution in [0.2, 0.25) is 5.02 Å². The van der Waals surface area contributed by atoms with Gasteiger partial charge in [-0.1, -0.05) is 23.7 Å². The predicted octanol–water partition coefficient (Wildman–Crippen LogP) is 2.70. The highest BCUT2D eigenvalue weighted by atomic mass is 35.5. The minimum Gasteiger partial charge on any atom is -0.462 e. The minimum atomic E-state index is -0.202. The van der Waals surface area contributed by atoms with E-state index in [-0.39, 0.29) is 18.1 Å². The van der Waals surface area contributed by atoms with E-state index in [2.05, 4.69) is 5.32 Å². The molecule has 0 saturated carbocycles. The number of esters is 1. The van der Waals surface area contributed by atoms with Crippen molar-refractivity contribution in [3.05, 3.63) is 34.9 Å². The summed E-state index contributed by atoms with van der Waals surface area (Å²) in [4.78, 5) is 10.9. The van der Waals surface area contributed by atoms with Gasteiger partial charge in [-0.05, 0) is 30.7 Å². The van der Waals surface area contributed by atoms with Gasteiger partial charge in [-0.25, -0.2) is 0 Å². The fourth-order valence-corrected chi connectivity index (χ4v) is 2.30. The van der Waals surface area contributed by atoms with Gasteiger partial charge < -0.3 is 10.1 Å². The number of hydrogen-bond donors (Lipinski definition) is 1. The monoisotopic (exact) mass is 253 g/mol. The molecule has 92 valence electrons. The molecular weight excluding hydrogens is 238 g/mol. The third kappa shape index (κ3) is 3.45. The average molecular weight is 254 g/mol. The molecule has 1 heterocycles. The lowest BCUT2D eigenvalue weighted by Crippen LogP contribution is -2.36. The normalized spacial score (nSPS) is 24.4. The summed E-state index contributed by atoms with van der Waals surface area (Å²) in [5.41, 5.74) is 1.19. The first-order valence-electron chi connectivity index (χ1n) is 5.81. The molecule has 0 radical (unpaired) electrons. The first kappa shape index (κ1) is 12.4. The summed E-state index contributed by atoms with van der Waals surface area (Å²) in [6.07, 6.45) is 1.72. The Morgan fingerprint density at radius 3 is 2.76 bits per heavy atom. The summed E-state index contributed by atoms with van der Waals surface area (Å²) < 4.78 is 5.26. The van der Waals surface area contributed by atoms with Crippen molar-refractivity contribution in [1.82, 2.24) is 5.32 Å². The van der Waals surface area contributed by atoms with E-state index in [1.54, 1.807) is 0 Å². The first-order valence-corrected chi connectivity index (χ1v) is 6.19. The van der Waals surface area contributed by atoms with Gasteiger partial charge in [0.05, 0.1) is 0 Å². The largest absolute Gasteiger partial charge is 0.462 e.